The van der Waals surface area contributed by atoms with Crippen LogP contribution in [0.4, 0.5) is 18.9 Å². The number of amides is 1. The first-order valence-corrected chi connectivity index (χ1v) is 10.4. The van der Waals surface area contributed by atoms with Crippen molar-refractivity contribution < 1.29 is 18.0 Å². The quantitative estimate of drug-likeness (QED) is 0.386. The molecular weight excluding hydrogens is 463 g/mol. The van der Waals surface area contributed by atoms with E-state index in [1.807, 2.05) is 35.7 Å². The summed E-state index contributed by atoms with van der Waals surface area (Å²) in [5.41, 5.74) is 1.65. The van der Waals surface area contributed by atoms with Crippen molar-refractivity contribution in [3.05, 3.63) is 81.7 Å². The molecule has 4 aromatic rings. The molecule has 32 heavy (non-hydrogen) atoms. The van der Waals surface area contributed by atoms with Gasteiger partial charge in [-0.1, -0.05) is 54.1 Å². The highest BCUT2D eigenvalue weighted by atomic mass is 35.5. The lowest BCUT2D eigenvalue weighted by atomic mass is 10.1. The predicted octanol–water partition coefficient (Wildman–Crippen LogP) is 5.89. The minimum atomic E-state index is -5.00. The summed E-state index contributed by atoms with van der Waals surface area (Å²) in [6, 6.07) is 15.1. The Morgan fingerprint density at radius 2 is 1.88 bits per heavy atom. The average molecular weight is 476 g/mol. The fraction of sp³-hybridized carbons (Fsp3) is 0.0455. The number of nitrogens with zero attached hydrogens (tertiary/aromatic N) is 1. The predicted molar refractivity (Wildman–Crippen MR) is 121 cm³/mol. The van der Waals surface area contributed by atoms with Crippen LogP contribution in [0.15, 0.2) is 64.8 Å². The Morgan fingerprint density at radius 3 is 2.59 bits per heavy atom. The molecule has 0 saturated heterocycles. The van der Waals surface area contributed by atoms with Crippen molar-refractivity contribution in [1.29, 1.82) is 0 Å². The highest BCUT2D eigenvalue weighted by molar-refractivity contribution is 7.17. The fourth-order valence-electron chi connectivity index (χ4n) is 3.02. The third-order valence-corrected chi connectivity index (χ3v) is 5.61. The molecule has 0 spiro atoms. The summed E-state index contributed by atoms with van der Waals surface area (Å²) in [4.78, 5) is 31.5. The molecule has 0 aliphatic carbocycles. The number of halogens is 4. The molecule has 0 aliphatic rings. The number of fused-ring (bicyclic) bond motifs is 1. The van der Waals surface area contributed by atoms with Gasteiger partial charge in [0.05, 0.1) is 10.4 Å². The molecular formula is C22H13ClF3N3O2S. The van der Waals surface area contributed by atoms with Gasteiger partial charge in [-0.15, -0.1) is 11.3 Å². The summed E-state index contributed by atoms with van der Waals surface area (Å²) < 4.78 is 37.4. The topological polar surface area (TPSA) is 74.8 Å². The number of carbonyl (C=O) groups excluding carboxylic acids is 1. The van der Waals surface area contributed by atoms with E-state index in [4.69, 9.17) is 11.6 Å². The molecule has 0 radical (unpaired) electrons. The van der Waals surface area contributed by atoms with Crippen LogP contribution in [0, 0.1) is 0 Å². The van der Waals surface area contributed by atoms with Crippen LogP contribution in [-0.2, 0) is 4.79 Å². The standard InChI is InChI=1S/C22H13ClF3N3O2S/c23-16(10-12-5-4-8-14(9-12)27-21(31)22(24,25)26)18-28-19(30)17-15(11-32-20(17)29-18)13-6-2-1-3-7-13/h1-11H,(H,27,31)(H,28,29,30)/b16-10-. The molecule has 1 amide bonds. The van der Waals surface area contributed by atoms with Gasteiger partial charge in [-0.25, -0.2) is 4.98 Å². The summed E-state index contributed by atoms with van der Waals surface area (Å²) >= 11 is 7.63. The van der Waals surface area contributed by atoms with Crippen molar-refractivity contribution in [2.75, 3.05) is 5.32 Å². The van der Waals surface area contributed by atoms with Crippen LogP contribution >= 0.6 is 22.9 Å². The second-order valence-electron chi connectivity index (χ2n) is 6.68. The van der Waals surface area contributed by atoms with Gasteiger partial charge in [0.25, 0.3) is 5.56 Å². The van der Waals surface area contributed by atoms with Crippen LogP contribution < -0.4 is 10.9 Å². The Balaban J connectivity index is 1.66. The first kappa shape index (κ1) is 21.8. The largest absolute Gasteiger partial charge is 0.471 e. The minimum Gasteiger partial charge on any atom is -0.318 e. The number of anilines is 1. The molecule has 0 atom stereocenters. The number of thiophene rings is 1. The van der Waals surface area contributed by atoms with Gasteiger partial charge < -0.3 is 10.3 Å². The zero-order valence-electron chi connectivity index (χ0n) is 16.0. The molecule has 2 aromatic carbocycles. The highest BCUT2D eigenvalue weighted by Gasteiger charge is 2.38. The lowest BCUT2D eigenvalue weighted by Crippen LogP contribution is -2.29. The van der Waals surface area contributed by atoms with E-state index in [0.29, 0.717) is 15.8 Å². The van der Waals surface area contributed by atoms with E-state index in [9.17, 15) is 22.8 Å². The van der Waals surface area contributed by atoms with E-state index >= 15 is 0 Å². The van der Waals surface area contributed by atoms with Crippen molar-refractivity contribution in [1.82, 2.24) is 9.97 Å². The number of hydrogen-bond acceptors (Lipinski definition) is 4. The maximum atomic E-state index is 12.8. The summed E-state index contributed by atoms with van der Waals surface area (Å²) in [6.45, 7) is 0. The number of rotatable bonds is 4. The molecule has 10 heteroatoms. The molecule has 2 heterocycles. The average Bonchev–Trinajstić information content (AvgIpc) is 3.18. The van der Waals surface area contributed by atoms with E-state index in [1.54, 1.807) is 11.4 Å². The normalized spacial score (nSPS) is 12.2. The van der Waals surface area contributed by atoms with Crippen molar-refractivity contribution in [2.45, 2.75) is 6.18 Å². The molecule has 0 bridgehead atoms. The lowest BCUT2D eigenvalue weighted by Gasteiger charge is -2.08. The van der Waals surface area contributed by atoms with Gasteiger partial charge in [-0.3, -0.25) is 9.59 Å². The van der Waals surface area contributed by atoms with Crippen LogP contribution in [-0.4, -0.2) is 22.1 Å². The second kappa shape index (κ2) is 8.60. The van der Waals surface area contributed by atoms with Gasteiger partial charge >= 0.3 is 12.1 Å². The third-order valence-electron chi connectivity index (χ3n) is 4.45. The first-order valence-electron chi connectivity index (χ1n) is 9.15. The van der Waals surface area contributed by atoms with Gasteiger partial charge in [-0.05, 0) is 29.3 Å². The van der Waals surface area contributed by atoms with E-state index in [2.05, 4.69) is 9.97 Å². The molecule has 0 aliphatic heterocycles. The number of benzene rings is 2. The number of nitrogens with one attached hydrogen (secondary N) is 2. The molecule has 0 fully saturated rings. The van der Waals surface area contributed by atoms with Crippen LogP contribution in [0.3, 0.4) is 0 Å². The maximum absolute atomic E-state index is 12.8. The molecule has 4 rings (SSSR count). The van der Waals surface area contributed by atoms with E-state index < -0.39 is 12.1 Å². The number of alkyl halides is 3. The molecule has 0 unspecified atom stereocenters. The van der Waals surface area contributed by atoms with Gasteiger partial charge in [0.1, 0.15) is 4.83 Å². The Morgan fingerprint density at radius 1 is 1.12 bits per heavy atom. The second-order valence-corrected chi connectivity index (χ2v) is 7.95. The summed E-state index contributed by atoms with van der Waals surface area (Å²) in [6.07, 6.45) is -3.57. The highest BCUT2D eigenvalue weighted by Crippen LogP contribution is 2.31. The van der Waals surface area contributed by atoms with Crippen molar-refractivity contribution >= 4 is 55.9 Å². The van der Waals surface area contributed by atoms with Crippen LogP contribution in [0.5, 0.6) is 0 Å². The summed E-state index contributed by atoms with van der Waals surface area (Å²) in [5, 5.41) is 4.15. The Labute approximate surface area is 188 Å². The van der Waals surface area contributed by atoms with Crippen molar-refractivity contribution in [2.24, 2.45) is 0 Å². The molecule has 2 N–H and O–H groups in total. The number of aromatic amines is 1. The molecule has 162 valence electrons. The van der Waals surface area contributed by atoms with Crippen molar-refractivity contribution in [3.8, 4) is 11.1 Å². The van der Waals surface area contributed by atoms with Gasteiger partial charge in [0.15, 0.2) is 5.82 Å². The van der Waals surface area contributed by atoms with E-state index in [0.717, 1.165) is 11.1 Å². The monoisotopic (exact) mass is 475 g/mol. The third kappa shape index (κ3) is 4.58. The minimum absolute atomic E-state index is 0.0480. The molecule has 2 aromatic heterocycles. The molecule has 0 saturated carbocycles. The van der Waals surface area contributed by atoms with Crippen LogP contribution in [0.1, 0.15) is 11.4 Å². The lowest BCUT2D eigenvalue weighted by molar-refractivity contribution is -0.167. The number of H-pyrrole nitrogens is 1. The van der Waals surface area contributed by atoms with E-state index in [-0.39, 0.29) is 22.1 Å². The van der Waals surface area contributed by atoms with Crippen LogP contribution in [0.2, 0.25) is 0 Å². The number of carbonyl (C=O) groups is 1. The maximum Gasteiger partial charge on any atom is 0.471 e. The Kier molecular flexibility index (Phi) is 5.86. The Bertz CT molecular complexity index is 1400. The van der Waals surface area contributed by atoms with Gasteiger partial charge in [0.2, 0.25) is 0 Å². The smallest absolute Gasteiger partial charge is 0.318 e. The van der Waals surface area contributed by atoms with Gasteiger partial charge in [-0.2, -0.15) is 13.2 Å². The number of aromatic nitrogens is 2. The fourth-order valence-corrected chi connectivity index (χ4v) is 4.18. The van der Waals surface area contributed by atoms with Gasteiger partial charge in [0, 0.05) is 16.6 Å². The van der Waals surface area contributed by atoms with Crippen LogP contribution in [0.25, 0.3) is 32.5 Å². The number of hydrogen-bond donors (Lipinski definition) is 2. The summed E-state index contributed by atoms with van der Waals surface area (Å²) in [7, 11) is 0. The van der Waals surface area contributed by atoms with Crippen molar-refractivity contribution in [3.63, 3.8) is 0 Å². The zero-order valence-corrected chi connectivity index (χ0v) is 17.6. The SMILES string of the molecule is O=C(Nc1cccc(/C=C(\Cl)c2nc3scc(-c4ccccc4)c3c(=O)[nH]2)c1)C(F)(F)F. The first-order chi connectivity index (χ1) is 15.2. The molecule has 5 nitrogen and oxygen atoms in total. The zero-order chi connectivity index (χ0) is 22.9. The van der Waals surface area contributed by atoms with E-state index in [1.165, 1.54) is 35.6 Å². The summed E-state index contributed by atoms with van der Waals surface area (Å²) in [5.74, 6) is -1.96. The Hall–Kier alpha value is -3.43.